The van der Waals surface area contributed by atoms with E-state index in [4.69, 9.17) is 9.47 Å². The fourth-order valence-corrected chi connectivity index (χ4v) is 11.1. The Morgan fingerprint density at radius 2 is 1.02 bits per heavy atom. The summed E-state index contributed by atoms with van der Waals surface area (Å²) >= 11 is 6.78. The van der Waals surface area contributed by atoms with Crippen LogP contribution in [0.25, 0.3) is 0 Å². The van der Waals surface area contributed by atoms with Crippen molar-refractivity contribution in [3.8, 4) is 12.1 Å². The lowest BCUT2D eigenvalue weighted by Crippen LogP contribution is -2.45. The van der Waals surface area contributed by atoms with Crippen molar-refractivity contribution in [1.82, 2.24) is 0 Å². The molecule has 0 heterocycles. The number of hydrogen-bond donors (Lipinski definition) is 0. The Bertz CT molecular complexity index is 2020. The van der Waals surface area contributed by atoms with Crippen LogP contribution in [0.2, 0.25) is 0 Å². The van der Waals surface area contributed by atoms with Crippen molar-refractivity contribution in [1.29, 1.82) is 10.5 Å². The first-order valence-corrected chi connectivity index (χ1v) is 21.5. The lowest BCUT2D eigenvalue weighted by molar-refractivity contribution is 0.0177. The van der Waals surface area contributed by atoms with Crippen molar-refractivity contribution < 1.29 is 19.1 Å². The van der Waals surface area contributed by atoms with Gasteiger partial charge < -0.3 is 9.47 Å². The summed E-state index contributed by atoms with van der Waals surface area (Å²) < 4.78 is 13.4. The van der Waals surface area contributed by atoms with Gasteiger partial charge in [0.25, 0.3) is 0 Å². The van der Waals surface area contributed by atoms with Crippen LogP contribution in [0.3, 0.4) is 0 Å². The summed E-state index contributed by atoms with van der Waals surface area (Å²) in [6.45, 7) is 5.64. The number of ether oxygens (including phenoxy) is 2. The molecule has 0 aromatic heterocycles. The molecule has 6 atom stereocenters. The van der Waals surface area contributed by atoms with Crippen LogP contribution in [0.15, 0.2) is 93.9 Å². The van der Waals surface area contributed by atoms with Crippen molar-refractivity contribution in [2.45, 2.75) is 88.9 Å². The Morgan fingerprint density at radius 3 is 1.39 bits per heavy atom. The van der Waals surface area contributed by atoms with Gasteiger partial charge in [0.2, 0.25) is 0 Å². The molecule has 8 heteroatoms. The van der Waals surface area contributed by atoms with E-state index in [0.717, 1.165) is 84.3 Å². The van der Waals surface area contributed by atoms with Crippen LogP contribution in [-0.4, -0.2) is 25.2 Å². The maximum absolute atomic E-state index is 12.4. The van der Waals surface area contributed by atoms with Gasteiger partial charge in [0.05, 0.1) is 47.6 Å². The summed E-state index contributed by atoms with van der Waals surface area (Å²) in [6.07, 6.45) is 11.0. The first-order chi connectivity index (χ1) is 27.0. The van der Waals surface area contributed by atoms with E-state index >= 15 is 0 Å². The fourth-order valence-electron chi connectivity index (χ4n) is 10.6. The van der Waals surface area contributed by atoms with Gasteiger partial charge in [-0.25, -0.2) is 9.59 Å². The predicted octanol–water partition coefficient (Wildman–Crippen LogP) is 11.6. The van der Waals surface area contributed by atoms with Gasteiger partial charge in [-0.3, -0.25) is 0 Å². The Morgan fingerprint density at radius 1 is 0.625 bits per heavy atom. The van der Waals surface area contributed by atoms with Crippen molar-refractivity contribution in [2.24, 2.45) is 23.7 Å². The number of rotatable bonds is 6. The Labute approximate surface area is 347 Å². The molecule has 4 aliphatic rings. The maximum atomic E-state index is 12.4. The molecule has 4 aromatic carbocycles. The van der Waals surface area contributed by atoms with E-state index in [1.807, 2.05) is 36.4 Å². The van der Waals surface area contributed by atoms with E-state index in [1.54, 1.807) is 24.3 Å². The van der Waals surface area contributed by atoms with Crippen LogP contribution in [0.5, 0.6) is 0 Å². The monoisotopic (exact) mass is 874 g/mol. The third-order valence-electron chi connectivity index (χ3n) is 13.5. The molecule has 2 fully saturated rings. The van der Waals surface area contributed by atoms with Gasteiger partial charge in [-0.15, -0.1) is 0 Å². The molecule has 0 aliphatic heterocycles. The van der Waals surface area contributed by atoms with E-state index in [9.17, 15) is 20.1 Å². The number of halogens is 2. The minimum absolute atomic E-state index is 0.0629. The number of hydrogen-bond acceptors (Lipinski definition) is 6. The number of esters is 2. The molecule has 0 spiro atoms. The molecule has 4 aliphatic carbocycles. The molecule has 6 nitrogen and oxygen atoms in total. The van der Waals surface area contributed by atoms with Gasteiger partial charge in [-0.1, -0.05) is 70.7 Å². The number of fused-ring (bicyclic) bond motifs is 6. The number of carbonyl (C=O) groups excluding carboxylic acids is 2. The van der Waals surface area contributed by atoms with Gasteiger partial charge in [0, 0.05) is 8.95 Å². The van der Waals surface area contributed by atoms with Crippen LogP contribution >= 0.6 is 31.9 Å². The highest BCUT2D eigenvalue weighted by atomic mass is 79.9. The third-order valence-corrected chi connectivity index (χ3v) is 14.5. The molecule has 8 rings (SSSR count). The molecule has 0 N–H and O–H groups in total. The van der Waals surface area contributed by atoms with Gasteiger partial charge in [0.1, 0.15) is 0 Å². The largest absolute Gasteiger partial charge is 0.462 e. The summed E-state index contributed by atoms with van der Waals surface area (Å²) in [5.74, 6) is 1.22. The lowest BCUT2D eigenvalue weighted by Gasteiger charge is -2.50. The zero-order chi connectivity index (χ0) is 39.5. The second kappa shape index (κ2) is 17.1. The molecule has 56 heavy (non-hydrogen) atoms. The third kappa shape index (κ3) is 8.25. The number of carbonyl (C=O) groups is 2. The smallest absolute Gasteiger partial charge is 0.338 e. The second-order valence-corrected chi connectivity index (χ2v) is 18.4. The Kier molecular flexibility index (Phi) is 12.2. The normalized spacial score (nSPS) is 25.9. The number of benzene rings is 4. The number of nitriles is 2. The van der Waals surface area contributed by atoms with E-state index in [-0.39, 0.29) is 22.8 Å². The van der Waals surface area contributed by atoms with Crippen molar-refractivity contribution >= 4 is 43.8 Å². The maximum Gasteiger partial charge on any atom is 0.338 e. The molecule has 0 bridgehead atoms. The van der Waals surface area contributed by atoms with Crippen LogP contribution in [0.1, 0.15) is 119 Å². The Hall–Kier alpha value is -4.24. The van der Waals surface area contributed by atoms with Gasteiger partial charge in [-0.2, -0.15) is 10.5 Å². The summed E-state index contributed by atoms with van der Waals surface area (Å²) in [6, 6.07) is 31.5. The zero-order valence-electron chi connectivity index (χ0n) is 32.2. The average molecular weight is 877 g/mol. The molecule has 0 unspecified atom stereocenters. The standard InChI is InChI=1S/2C24H24BrNO2/c2*1-24-12-2-3-19(15-28-23(27)18-6-9-20(25)10-7-18)21(24)11-8-17-5-4-16(14-26)13-22(17)24/h2*4-7,9-10,13,19,21H,2-3,8,11-12,15H2,1H3/t2*19-,21-,24-/m11/s1. The van der Waals surface area contributed by atoms with Crippen molar-refractivity contribution in [2.75, 3.05) is 13.2 Å². The SMILES string of the molecule is C[C@@]12CCC[C@H](COC(=O)c3ccc(Br)cc3)[C@H]1CCc1ccc(C#N)cc12.C[C@@]12CCC[C@H](COC(=O)c3ccc(Br)cc3)[C@H]1CCc1ccc(C#N)cc12. The molecular formula is C48H48Br2N2O4. The number of aryl methyl sites for hydroxylation is 2. The zero-order valence-corrected chi connectivity index (χ0v) is 35.3. The van der Waals surface area contributed by atoms with Gasteiger partial charge >= 0.3 is 11.9 Å². The highest BCUT2D eigenvalue weighted by molar-refractivity contribution is 9.10. The highest BCUT2D eigenvalue weighted by Gasteiger charge is 2.48. The quantitative estimate of drug-likeness (QED) is 0.179. The molecule has 0 saturated heterocycles. The van der Waals surface area contributed by atoms with E-state index in [0.29, 0.717) is 48.0 Å². The number of nitrogens with zero attached hydrogens (tertiary/aromatic N) is 2. The molecule has 4 aromatic rings. The second-order valence-electron chi connectivity index (χ2n) is 16.6. The molecule has 2 saturated carbocycles. The molecular weight excluding hydrogens is 828 g/mol. The summed E-state index contributed by atoms with van der Waals surface area (Å²) in [4.78, 5) is 24.9. The lowest BCUT2D eigenvalue weighted by atomic mass is 9.55. The van der Waals surface area contributed by atoms with Crippen molar-refractivity contribution in [3.63, 3.8) is 0 Å². The summed E-state index contributed by atoms with van der Waals surface area (Å²) in [5, 5.41) is 18.7. The van der Waals surface area contributed by atoms with Gasteiger partial charge in [0.15, 0.2) is 0 Å². The minimum Gasteiger partial charge on any atom is -0.462 e. The Balaban J connectivity index is 0.000000172. The predicted molar refractivity (Wildman–Crippen MR) is 224 cm³/mol. The fraction of sp³-hybridized carbons (Fsp3) is 0.417. The average Bonchev–Trinajstić information content (AvgIpc) is 3.22. The van der Waals surface area contributed by atoms with Gasteiger partial charge in [-0.05, 0) is 181 Å². The molecule has 0 amide bonds. The van der Waals surface area contributed by atoms with Crippen molar-refractivity contribution in [3.05, 3.63) is 138 Å². The molecule has 288 valence electrons. The minimum atomic E-state index is -0.247. The van der Waals surface area contributed by atoms with Crippen LogP contribution in [0.4, 0.5) is 0 Å². The molecule has 0 radical (unpaired) electrons. The van der Waals surface area contributed by atoms with E-state index < -0.39 is 0 Å². The van der Waals surface area contributed by atoms with Crippen LogP contribution in [-0.2, 0) is 33.1 Å². The summed E-state index contributed by atoms with van der Waals surface area (Å²) in [5.41, 5.74) is 8.23. The van der Waals surface area contributed by atoms with Crippen LogP contribution in [0, 0.1) is 46.3 Å². The summed E-state index contributed by atoms with van der Waals surface area (Å²) in [7, 11) is 0. The van der Waals surface area contributed by atoms with E-state index in [2.05, 4.69) is 82.1 Å². The highest BCUT2D eigenvalue weighted by Crippen LogP contribution is 2.53. The van der Waals surface area contributed by atoms with E-state index in [1.165, 1.54) is 22.3 Å². The van der Waals surface area contributed by atoms with Crippen LogP contribution < -0.4 is 0 Å². The topological polar surface area (TPSA) is 100 Å². The first kappa shape index (κ1) is 40.0. The first-order valence-electron chi connectivity index (χ1n) is 19.9.